The Balaban J connectivity index is 1.61. The quantitative estimate of drug-likeness (QED) is 0.836. The summed E-state index contributed by atoms with van der Waals surface area (Å²) in [5, 5.41) is 8.64. The van der Waals surface area contributed by atoms with Gasteiger partial charge in [-0.15, -0.1) is 0 Å². The van der Waals surface area contributed by atoms with Crippen LogP contribution in [-0.2, 0) is 4.74 Å². The molecule has 2 aromatic heterocycles. The first kappa shape index (κ1) is 20.3. The largest absolute Gasteiger partial charge is 0.379 e. The Kier molecular flexibility index (Phi) is 5.62. The third-order valence-corrected chi connectivity index (χ3v) is 6.69. The van der Waals surface area contributed by atoms with Gasteiger partial charge in [0.25, 0.3) is 5.91 Å². The maximum absolute atomic E-state index is 13.4. The molecule has 1 N–H and O–H groups in total. The first-order valence-corrected chi connectivity index (χ1v) is 10.9. The van der Waals surface area contributed by atoms with E-state index in [9.17, 15) is 4.79 Å². The molecule has 1 saturated heterocycles. The van der Waals surface area contributed by atoms with Gasteiger partial charge in [0.2, 0.25) is 0 Å². The van der Waals surface area contributed by atoms with Crippen molar-refractivity contribution in [2.45, 2.75) is 71.0 Å². The zero-order valence-electron chi connectivity index (χ0n) is 18.1. The topological polar surface area (TPSA) is 72.3 Å². The van der Waals surface area contributed by atoms with Crippen LogP contribution in [0.5, 0.6) is 0 Å². The van der Waals surface area contributed by atoms with E-state index >= 15 is 0 Å². The molecule has 2 aromatic rings. The molecule has 1 aliphatic heterocycles. The van der Waals surface area contributed by atoms with Gasteiger partial charge in [-0.1, -0.05) is 12.8 Å². The zero-order chi connectivity index (χ0) is 20.6. The second-order valence-electron chi connectivity index (χ2n) is 8.84. The summed E-state index contributed by atoms with van der Waals surface area (Å²) < 4.78 is 7.46. The van der Waals surface area contributed by atoms with E-state index in [1.807, 2.05) is 17.7 Å². The fourth-order valence-corrected chi connectivity index (χ4v) is 5.14. The highest BCUT2D eigenvalue weighted by Gasteiger charge is 2.45. The molecule has 4 rings (SSSR count). The SMILES string of the molecule is Cc1cc(C(=O)NC(C)C2(N3CCOCC3)CCCC2)c2cnn(C(C)C)c2n1. The third-order valence-electron chi connectivity index (χ3n) is 6.69. The van der Waals surface area contributed by atoms with Crippen molar-refractivity contribution >= 4 is 16.9 Å². The second-order valence-corrected chi connectivity index (χ2v) is 8.84. The Bertz CT molecular complexity index is 879. The number of hydrogen-bond donors (Lipinski definition) is 1. The summed E-state index contributed by atoms with van der Waals surface area (Å²) in [7, 11) is 0. The molecule has 1 aliphatic carbocycles. The maximum Gasteiger partial charge on any atom is 0.252 e. The molecule has 3 heterocycles. The molecule has 1 atom stereocenters. The average Bonchev–Trinajstić information content (AvgIpc) is 3.36. The fraction of sp³-hybridized carbons (Fsp3) is 0.682. The predicted molar refractivity (Wildman–Crippen MR) is 113 cm³/mol. The van der Waals surface area contributed by atoms with E-state index in [-0.39, 0.29) is 23.5 Å². The van der Waals surface area contributed by atoms with Gasteiger partial charge in [-0.3, -0.25) is 9.69 Å². The van der Waals surface area contributed by atoms with Crippen LogP contribution in [0.2, 0.25) is 0 Å². The first-order valence-electron chi connectivity index (χ1n) is 10.9. The molecule has 158 valence electrons. The highest BCUT2D eigenvalue weighted by atomic mass is 16.5. The molecule has 1 amide bonds. The van der Waals surface area contributed by atoms with E-state index in [0.29, 0.717) is 5.56 Å². The average molecular weight is 400 g/mol. The van der Waals surface area contributed by atoms with Gasteiger partial charge < -0.3 is 10.1 Å². The molecule has 7 nitrogen and oxygen atoms in total. The summed E-state index contributed by atoms with van der Waals surface area (Å²) in [6.45, 7) is 11.7. The van der Waals surface area contributed by atoms with Gasteiger partial charge in [0.05, 0.1) is 30.4 Å². The smallest absolute Gasteiger partial charge is 0.252 e. The highest BCUT2D eigenvalue weighted by molar-refractivity contribution is 6.05. The van der Waals surface area contributed by atoms with E-state index in [0.717, 1.165) is 55.9 Å². The number of pyridine rings is 1. The minimum atomic E-state index is -0.0316. The Hall–Kier alpha value is -1.99. The molecule has 1 saturated carbocycles. The number of ether oxygens (including phenoxy) is 1. The molecule has 0 spiro atoms. The van der Waals surface area contributed by atoms with Crippen LogP contribution in [0.15, 0.2) is 12.3 Å². The number of morpholine rings is 1. The van der Waals surface area contributed by atoms with Crippen LogP contribution in [0.3, 0.4) is 0 Å². The van der Waals surface area contributed by atoms with Crippen LogP contribution >= 0.6 is 0 Å². The number of rotatable bonds is 5. The van der Waals surface area contributed by atoms with Crippen molar-refractivity contribution in [3.8, 4) is 0 Å². The molecule has 7 heteroatoms. The summed E-state index contributed by atoms with van der Waals surface area (Å²) >= 11 is 0. The van der Waals surface area contributed by atoms with E-state index < -0.39 is 0 Å². The number of nitrogens with zero attached hydrogens (tertiary/aromatic N) is 4. The number of carbonyl (C=O) groups is 1. The van der Waals surface area contributed by atoms with Gasteiger partial charge in [0, 0.05) is 36.4 Å². The van der Waals surface area contributed by atoms with Crippen molar-refractivity contribution < 1.29 is 9.53 Å². The number of hydrogen-bond acceptors (Lipinski definition) is 5. The number of fused-ring (bicyclic) bond motifs is 1. The van der Waals surface area contributed by atoms with Crippen LogP contribution < -0.4 is 5.32 Å². The molecule has 0 radical (unpaired) electrons. The van der Waals surface area contributed by atoms with Crippen LogP contribution in [0.1, 0.15) is 68.5 Å². The Morgan fingerprint density at radius 2 is 1.90 bits per heavy atom. The van der Waals surface area contributed by atoms with Crippen molar-refractivity contribution in [2.24, 2.45) is 0 Å². The minimum Gasteiger partial charge on any atom is -0.379 e. The third kappa shape index (κ3) is 3.66. The normalized spacial score (nSPS) is 21.0. The van der Waals surface area contributed by atoms with Gasteiger partial charge in [-0.25, -0.2) is 9.67 Å². The number of aryl methyl sites for hydroxylation is 1. The lowest BCUT2D eigenvalue weighted by Gasteiger charge is -2.47. The molecule has 0 bridgehead atoms. The highest BCUT2D eigenvalue weighted by Crippen LogP contribution is 2.38. The van der Waals surface area contributed by atoms with Gasteiger partial charge >= 0.3 is 0 Å². The van der Waals surface area contributed by atoms with E-state index in [4.69, 9.17) is 4.74 Å². The van der Waals surface area contributed by atoms with E-state index in [1.54, 1.807) is 6.20 Å². The van der Waals surface area contributed by atoms with E-state index in [1.165, 1.54) is 12.8 Å². The number of nitrogens with one attached hydrogen (secondary N) is 1. The second kappa shape index (κ2) is 8.03. The van der Waals surface area contributed by atoms with Crippen LogP contribution in [0, 0.1) is 6.92 Å². The fourth-order valence-electron chi connectivity index (χ4n) is 5.14. The Morgan fingerprint density at radius 3 is 2.55 bits per heavy atom. The molecule has 1 unspecified atom stereocenters. The summed E-state index contributed by atoms with van der Waals surface area (Å²) in [5.74, 6) is -0.0316. The van der Waals surface area contributed by atoms with Crippen molar-refractivity contribution in [3.05, 3.63) is 23.5 Å². The van der Waals surface area contributed by atoms with Gasteiger partial charge in [-0.05, 0) is 46.6 Å². The lowest BCUT2D eigenvalue weighted by atomic mass is 9.86. The van der Waals surface area contributed by atoms with Crippen molar-refractivity contribution in [1.29, 1.82) is 0 Å². The van der Waals surface area contributed by atoms with Crippen molar-refractivity contribution in [1.82, 2.24) is 25.0 Å². The maximum atomic E-state index is 13.4. The molecule has 0 aromatic carbocycles. The van der Waals surface area contributed by atoms with Crippen LogP contribution in [0.25, 0.3) is 11.0 Å². The van der Waals surface area contributed by atoms with E-state index in [2.05, 4.69) is 41.1 Å². The summed E-state index contributed by atoms with van der Waals surface area (Å²) in [5.41, 5.74) is 2.31. The van der Waals surface area contributed by atoms with Gasteiger partial charge in [0.15, 0.2) is 5.65 Å². The standard InChI is InChI=1S/C22H33N5O2/c1-15(2)27-20-19(14-23-27)18(13-16(3)24-20)21(28)25-17(4)22(7-5-6-8-22)26-9-11-29-12-10-26/h13-15,17H,5-12H2,1-4H3,(H,25,28). The Morgan fingerprint density at radius 1 is 1.21 bits per heavy atom. The molecular weight excluding hydrogens is 366 g/mol. The van der Waals surface area contributed by atoms with Gasteiger partial charge in [0.1, 0.15) is 0 Å². The summed E-state index contributed by atoms with van der Waals surface area (Å²) in [4.78, 5) is 20.6. The number of carbonyl (C=O) groups excluding carboxylic acids is 1. The first-order chi connectivity index (χ1) is 13.9. The Labute approximate surface area is 172 Å². The molecule has 2 aliphatic rings. The molecular formula is C22H33N5O2. The summed E-state index contributed by atoms with van der Waals surface area (Å²) in [6, 6.07) is 2.14. The zero-order valence-corrected chi connectivity index (χ0v) is 18.1. The lowest BCUT2D eigenvalue weighted by molar-refractivity contribution is -0.0323. The molecule has 2 fully saturated rings. The number of aromatic nitrogens is 3. The van der Waals surface area contributed by atoms with Crippen LogP contribution in [0.4, 0.5) is 0 Å². The lowest BCUT2D eigenvalue weighted by Crippen LogP contribution is -2.62. The van der Waals surface area contributed by atoms with Gasteiger partial charge in [-0.2, -0.15) is 5.10 Å². The monoisotopic (exact) mass is 399 g/mol. The van der Waals surface area contributed by atoms with Crippen LogP contribution in [-0.4, -0.2) is 63.5 Å². The minimum absolute atomic E-state index is 0.0305. The predicted octanol–water partition coefficient (Wildman–Crippen LogP) is 3.08. The van der Waals surface area contributed by atoms with Crippen molar-refractivity contribution in [2.75, 3.05) is 26.3 Å². The molecule has 29 heavy (non-hydrogen) atoms. The number of amides is 1. The van der Waals surface area contributed by atoms with Crippen molar-refractivity contribution in [3.63, 3.8) is 0 Å². The summed E-state index contributed by atoms with van der Waals surface area (Å²) in [6.07, 6.45) is 6.47.